The van der Waals surface area contributed by atoms with E-state index in [4.69, 9.17) is 18.7 Å². The summed E-state index contributed by atoms with van der Waals surface area (Å²) >= 11 is 3.41. The molecule has 0 aliphatic carbocycles. The molecule has 0 N–H and O–H groups in total. The molecule has 1 amide bonds. The van der Waals surface area contributed by atoms with E-state index in [9.17, 15) is 4.79 Å². The Morgan fingerprint density at radius 2 is 1.68 bits per heavy atom. The highest BCUT2D eigenvalue weighted by atomic mass is 79.9. The number of ether oxygens (including phenoxy) is 3. The third-order valence-corrected chi connectivity index (χ3v) is 5.62. The van der Waals surface area contributed by atoms with Crippen LogP contribution in [-0.4, -0.2) is 37.4 Å². The molecule has 174 valence electrons. The summed E-state index contributed by atoms with van der Waals surface area (Å²) in [5.74, 6) is 2.05. The number of carbonyl (C=O) groups is 1. The third kappa shape index (κ3) is 4.89. The number of nitrogens with zero attached hydrogens (tertiary/aromatic N) is 3. The Morgan fingerprint density at radius 1 is 0.971 bits per heavy atom. The Hall–Kier alpha value is -3.85. The standard InChI is InChI=1S/C25H22BrN3O5/c1-31-21-12-16(13-22(32-2)24(21)33-3)15-29(23-6-4-5-11-27-23)25(30)19-14-20(34-28-19)17-7-9-18(26)10-8-17/h4-14H,15H2,1-3H3. The summed E-state index contributed by atoms with van der Waals surface area (Å²) in [6.45, 7) is 0.188. The van der Waals surface area contributed by atoms with Gasteiger partial charge in [0, 0.05) is 22.3 Å². The molecule has 0 saturated carbocycles. The molecule has 0 atom stereocenters. The highest BCUT2D eigenvalue weighted by molar-refractivity contribution is 9.10. The van der Waals surface area contributed by atoms with Gasteiger partial charge in [0.1, 0.15) is 5.82 Å². The van der Waals surface area contributed by atoms with Gasteiger partial charge in [-0.1, -0.05) is 39.3 Å². The number of anilines is 1. The van der Waals surface area contributed by atoms with Crippen molar-refractivity contribution in [2.45, 2.75) is 6.54 Å². The highest BCUT2D eigenvalue weighted by Crippen LogP contribution is 2.38. The summed E-state index contributed by atoms with van der Waals surface area (Å²) in [4.78, 5) is 19.4. The fourth-order valence-corrected chi connectivity index (χ4v) is 3.71. The number of carbonyl (C=O) groups excluding carboxylic acids is 1. The van der Waals surface area contributed by atoms with E-state index in [0.29, 0.717) is 28.8 Å². The molecule has 8 nitrogen and oxygen atoms in total. The van der Waals surface area contributed by atoms with E-state index in [1.165, 1.54) is 12.0 Å². The largest absolute Gasteiger partial charge is 0.493 e. The van der Waals surface area contributed by atoms with E-state index in [1.807, 2.05) is 30.3 Å². The number of aromatic nitrogens is 2. The molecule has 0 fully saturated rings. The second-order valence-electron chi connectivity index (χ2n) is 7.20. The van der Waals surface area contributed by atoms with Crippen LogP contribution in [0.1, 0.15) is 16.1 Å². The molecule has 0 unspecified atom stereocenters. The van der Waals surface area contributed by atoms with Crippen molar-refractivity contribution in [2.75, 3.05) is 26.2 Å². The van der Waals surface area contributed by atoms with Crippen molar-refractivity contribution in [3.05, 3.63) is 82.6 Å². The first-order valence-electron chi connectivity index (χ1n) is 10.3. The van der Waals surface area contributed by atoms with Gasteiger partial charge < -0.3 is 18.7 Å². The number of hydrogen-bond donors (Lipinski definition) is 0. The first-order chi connectivity index (χ1) is 16.5. The molecular formula is C25H22BrN3O5. The van der Waals surface area contributed by atoms with Gasteiger partial charge in [-0.25, -0.2) is 4.98 Å². The van der Waals surface area contributed by atoms with Crippen molar-refractivity contribution >= 4 is 27.7 Å². The van der Waals surface area contributed by atoms with Crippen LogP contribution in [0, 0.1) is 0 Å². The molecular weight excluding hydrogens is 502 g/mol. The predicted octanol–water partition coefficient (Wildman–Crippen LogP) is 5.37. The van der Waals surface area contributed by atoms with Crippen molar-refractivity contribution in [2.24, 2.45) is 0 Å². The number of methoxy groups -OCH3 is 3. The maximum atomic E-state index is 13.5. The fraction of sp³-hybridized carbons (Fsp3) is 0.160. The molecule has 2 aromatic carbocycles. The van der Waals surface area contributed by atoms with Crippen molar-refractivity contribution in [1.29, 1.82) is 0 Å². The molecule has 0 aliphatic rings. The third-order valence-electron chi connectivity index (χ3n) is 5.09. The average Bonchev–Trinajstić information content (AvgIpc) is 3.37. The van der Waals surface area contributed by atoms with Crippen molar-refractivity contribution in [1.82, 2.24) is 10.1 Å². The lowest BCUT2D eigenvalue weighted by Gasteiger charge is -2.22. The minimum absolute atomic E-state index is 0.163. The fourth-order valence-electron chi connectivity index (χ4n) is 3.44. The highest BCUT2D eigenvalue weighted by Gasteiger charge is 2.24. The summed E-state index contributed by atoms with van der Waals surface area (Å²) in [5.41, 5.74) is 1.73. The van der Waals surface area contributed by atoms with Crippen LogP contribution in [0.5, 0.6) is 17.2 Å². The van der Waals surface area contributed by atoms with Crippen LogP contribution in [-0.2, 0) is 6.54 Å². The zero-order valence-electron chi connectivity index (χ0n) is 18.8. The first-order valence-corrected chi connectivity index (χ1v) is 11.1. The van der Waals surface area contributed by atoms with Crippen LogP contribution in [0.15, 0.2) is 75.9 Å². The van der Waals surface area contributed by atoms with Gasteiger partial charge in [-0.3, -0.25) is 9.69 Å². The predicted molar refractivity (Wildman–Crippen MR) is 130 cm³/mol. The molecule has 0 saturated heterocycles. The monoisotopic (exact) mass is 523 g/mol. The van der Waals surface area contributed by atoms with Crippen LogP contribution in [0.2, 0.25) is 0 Å². The maximum Gasteiger partial charge on any atom is 0.281 e. The van der Waals surface area contributed by atoms with Gasteiger partial charge in [0.15, 0.2) is 23.0 Å². The van der Waals surface area contributed by atoms with Crippen molar-refractivity contribution < 1.29 is 23.5 Å². The van der Waals surface area contributed by atoms with Gasteiger partial charge in [0.05, 0.1) is 27.9 Å². The Morgan fingerprint density at radius 3 is 2.26 bits per heavy atom. The minimum atomic E-state index is -0.362. The van der Waals surface area contributed by atoms with Crippen molar-refractivity contribution in [3.63, 3.8) is 0 Å². The van der Waals surface area contributed by atoms with Crippen LogP contribution < -0.4 is 19.1 Å². The number of hydrogen-bond acceptors (Lipinski definition) is 7. The summed E-state index contributed by atoms with van der Waals surface area (Å²) in [7, 11) is 4.63. The zero-order valence-corrected chi connectivity index (χ0v) is 20.4. The molecule has 2 aromatic heterocycles. The summed E-state index contributed by atoms with van der Waals surface area (Å²) in [5, 5.41) is 4.02. The van der Waals surface area contributed by atoms with Gasteiger partial charge in [0.25, 0.3) is 5.91 Å². The molecule has 34 heavy (non-hydrogen) atoms. The number of pyridine rings is 1. The molecule has 9 heteroatoms. The second-order valence-corrected chi connectivity index (χ2v) is 8.11. The summed E-state index contributed by atoms with van der Waals surface area (Å²) in [6, 6.07) is 18.1. The Bertz CT molecular complexity index is 1250. The lowest BCUT2D eigenvalue weighted by Crippen LogP contribution is -2.31. The van der Waals surface area contributed by atoms with Crippen LogP contribution in [0.3, 0.4) is 0 Å². The van der Waals surface area contributed by atoms with E-state index < -0.39 is 0 Å². The Balaban J connectivity index is 1.69. The number of benzene rings is 2. The van der Waals surface area contributed by atoms with E-state index in [1.54, 1.807) is 50.7 Å². The quantitative estimate of drug-likeness (QED) is 0.306. The van der Waals surface area contributed by atoms with Gasteiger partial charge in [-0.05, 0) is 42.0 Å². The van der Waals surface area contributed by atoms with Crippen LogP contribution in [0.4, 0.5) is 5.82 Å². The summed E-state index contributed by atoms with van der Waals surface area (Å²) < 4.78 is 22.7. The van der Waals surface area contributed by atoms with Gasteiger partial charge in [0.2, 0.25) is 5.75 Å². The molecule has 0 spiro atoms. The number of rotatable bonds is 8. The van der Waals surface area contributed by atoms with E-state index in [0.717, 1.165) is 15.6 Å². The smallest absolute Gasteiger partial charge is 0.281 e. The maximum absolute atomic E-state index is 13.5. The lowest BCUT2D eigenvalue weighted by atomic mass is 10.1. The number of amides is 1. The molecule has 0 aliphatic heterocycles. The first kappa shape index (κ1) is 23.3. The van der Waals surface area contributed by atoms with Crippen LogP contribution >= 0.6 is 15.9 Å². The Kier molecular flexibility index (Phi) is 7.12. The normalized spacial score (nSPS) is 10.6. The minimum Gasteiger partial charge on any atom is -0.493 e. The van der Waals surface area contributed by atoms with Gasteiger partial charge >= 0.3 is 0 Å². The molecule has 0 radical (unpaired) electrons. The number of halogens is 1. The van der Waals surface area contributed by atoms with Gasteiger partial charge in [-0.15, -0.1) is 0 Å². The lowest BCUT2D eigenvalue weighted by molar-refractivity contribution is 0.0975. The van der Waals surface area contributed by atoms with E-state index in [2.05, 4.69) is 26.1 Å². The zero-order chi connectivity index (χ0) is 24.1. The average molecular weight is 524 g/mol. The molecule has 4 rings (SSSR count). The second kappa shape index (κ2) is 10.4. The van der Waals surface area contributed by atoms with E-state index >= 15 is 0 Å². The molecule has 0 bridgehead atoms. The topological polar surface area (TPSA) is 86.9 Å². The molecule has 4 aromatic rings. The van der Waals surface area contributed by atoms with E-state index in [-0.39, 0.29) is 18.1 Å². The van der Waals surface area contributed by atoms with Crippen LogP contribution in [0.25, 0.3) is 11.3 Å². The van der Waals surface area contributed by atoms with Crippen molar-refractivity contribution in [3.8, 4) is 28.6 Å². The SMILES string of the molecule is COc1cc(CN(C(=O)c2cc(-c3ccc(Br)cc3)on2)c2ccccn2)cc(OC)c1OC. The summed E-state index contributed by atoms with van der Waals surface area (Å²) in [6.07, 6.45) is 1.63. The molecule has 2 heterocycles. The Labute approximate surface area is 205 Å². The van der Waals surface area contributed by atoms with Gasteiger partial charge in [-0.2, -0.15) is 0 Å².